The third kappa shape index (κ3) is 2.63. The van der Waals surface area contributed by atoms with Gasteiger partial charge in [-0.3, -0.25) is 0 Å². The molecule has 1 nitrogen and oxygen atoms in total. The van der Waals surface area contributed by atoms with Gasteiger partial charge in [-0.25, -0.2) is 0 Å². The van der Waals surface area contributed by atoms with Crippen LogP contribution in [0.15, 0.2) is 18.2 Å². The molecule has 1 saturated carbocycles. The SMILES string of the molecule is FC(F)(F)c1cc(C2CC3(CNC3)C2)cc(C(F)(F)F)c1. The molecular weight excluding hydrogens is 296 g/mol. The maximum atomic E-state index is 12.8. The van der Waals surface area contributed by atoms with E-state index in [4.69, 9.17) is 0 Å². The molecule has 0 radical (unpaired) electrons. The van der Waals surface area contributed by atoms with Gasteiger partial charge in [0.25, 0.3) is 0 Å². The molecule has 0 aromatic heterocycles. The normalized spacial score (nSPS) is 22.0. The highest BCUT2D eigenvalue weighted by Crippen LogP contribution is 2.54. The lowest BCUT2D eigenvalue weighted by molar-refractivity contribution is -0.143. The van der Waals surface area contributed by atoms with E-state index in [1.165, 1.54) is 0 Å². The molecule has 1 spiro atoms. The van der Waals surface area contributed by atoms with Gasteiger partial charge < -0.3 is 5.32 Å². The highest BCUT2D eigenvalue weighted by atomic mass is 19.4. The van der Waals surface area contributed by atoms with E-state index >= 15 is 0 Å². The van der Waals surface area contributed by atoms with Gasteiger partial charge >= 0.3 is 12.4 Å². The standard InChI is InChI=1S/C14H13F6N/c15-13(16,17)10-1-8(2-11(3-10)14(18,19)20)9-4-12(5-9)6-21-7-12/h1-3,9,21H,4-7H2. The summed E-state index contributed by atoms with van der Waals surface area (Å²) in [5, 5.41) is 3.09. The van der Waals surface area contributed by atoms with Crippen LogP contribution in [0.5, 0.6) is 0 Å². The lowest BCUT2D eigenvalue weighted by atomic mass is 9.57. The van der Waals surface area contributed by atoms with Crippen molar-refractivity contribution in [1.82, 2.24) is 5.32 Å². The van der Waals surface area contributed by atoms with Gasteiger partial charge in [0.2, 0.25) is 0 Å². The number of hydrogen-bond donors (Lipinski definition) is 1. The Morgan fingerprint density at radius 2 is 1.33 bits per heavy atom. The Bertz CT molecular complexity index is 515. The molecule has 21 heavy (non-hydrogen) atoms. The van der Waals surface area contributed by atoms with E-state index in [9.17, 15) is 26.3 Å². The lowest BCUT2D eigenvalue weighted by Crippen LogP contribution is -2.59. The van der Waals surface area contributed by atoms with Crippen molar-refractivity contribution in [3.8, 4) is 0 Å². The fourth-order valence-corrected chi connectivity index (χ4v) is 3.20. The Labute approximate surface area is 117 Å². The second-order valence-electron chi connectivity index (χ2n) is 6.05. The molecule has 3 rings (SSSR count). The topological polar surface area (TPSA) is 12.0 Å². The van der Waals surface area contributed by atoms with Crippen molar-refractivity contribution in [2.75, 3.05) is 13.1 Å². The minimum absolute atomic E-state index is 0.0945. The highest BCUT2D eigenvalue weighted by Gasteiger charge is 2.49. The van der Waals surface area contributed by atoms with Crippen LogP contribution in [0.25, 0.3) is 0 Å². The molecule has 2 fully saturated rings. The first-order valence-electron chi connectivity index (χ1n) is 6.59. The third-order valence-electron chi connectivity index (χ3n) is 4.44. The molecule has 1 aliphatic heterocycles. The largest absolute Gasteiger partial charge is 0.416 e. The van der Waals surface area contributed by atoms with E-state index in [0.29, 0.717) is 12.8 Å². The fourth-order valence-electron chi connectivity index (χ4n) is 3.20. The van der Waals surface area contributed by atoms with Crippen molar-refractivity contribution in [1.29, 1.82) is 0 Å². The van der Waals surface area contributed by atoms with Crippen LogP contribution in [-0.4, -0.2) is 13.1 Å². The fraction of sp³-hybridized carbons (Fsp3) is 0.571. The summed E-state index contributed by atoms with van der Waals surface area (Å²) >= 11 is 0. The minimum Gasteiger partial charge on any atom is -0.316 e. The van der Waals surface area contributed by atoms with Gasteiger partial charge in [-0.15, -0.1) is 0 Å². The molecule has 1 aromatic carbocycles. The summed E-state index contributed by atoms with van der Waals surface area (Å²) < 4.78 is 76.6. The summed E-state index contributed by atoms with van der Waals surface area (Å²) in [5.41, 5.74) is -2.20. The van der Waals surface area contributed by atoms with E-state index < -0.39 is 23.5 Å². The van der Waals surface area contributed by atoms with Crippen LogP contribution in [0, 0.1) is 5.41 Å². The van der Waals surface area contributed by atoms with Crippen LogP contribution in [0.1, 0.15) is 35.4 Å². The first kappa shape index (κ1) is 14.7. The summed E-state index contributed by atoms with van der Waals surface area (Å²) in [6.45, 7) is 1.60. The second-order valence-corrected chi connectivity index (χ2v) is 6.05. The van der Waals surface area contributed by atoms with Gasteiger partial charge in [0, 0.05) is 13.1 Å². The highest BCUT2D eigenvalue weighted by molar-refractivity contribution is 5.37. The van der Waals surface area contributed by atoms with Crippen LogP contribution in [0.3, 0.4) is 0 Å². The molecule has 1 N–H and O–H groups in total. The Morgan fingerprint density at radius 3 is 1.67 bits per heavy atom. The zero-order valence-electron chi connectivity index (χ0n) is 10.9. The predicted octanol–water partition coefficient (Wildman–Crippen LogP) is 4.19. The summed E-state index contributed by atoms with van der Waals surface area (Å²) in [5.74, 6) is -0.213. The molecule has 0 bridgehead atoms. The van der Waals surface area contributed by atoms with Crippen molar-refractivity contribution >= 4 is 0 Å². The van der Waals surface area contributed by atoms with Crippen LogP contribution in [0.4, 0.5) is 26.3 Å². The number of halogens is 6. The van der Waals surface area contributed by atoms with Gasteiger partial charge in [0.05, 0.1) is 11.1 Å². The minimum atomic E-state index is -4.77. The van der Waals surface area contributed by atoms with Crippen molar-refractivity contribution in [3.63, 3.8) is 0 Å². The van der Waals surface area contributed by atoms with E-state index in [1.807, 2.05) is 0 Å². The van der Waals surface area contributed by atoms with E-state index in [0.717, 1.165) is 25.2 Å². The molecule has 1 aromatic rings. The number of alkyl halides is 6. The molecule has 0 amide bonds. The van der Waals surface area contributed by atoms with E-state index in [2.05, 4.69) is 5.32 Å². The smallest absolute Gasteiger partial charge is 0.316 e. The number of benzene rings is 1. The summed E-state index contributed by atoms with van der Waals surface area (Å²) in [6.07, 6.45) is -8.23. The van der Waals surface area contributed by atoms with E-state index in [1.54, 1.807) is 0 Å². The Balaban J connectivity index is 1.92. The Morgan fingerprint density at radius 1 is 0.857 bits per heavy atom. The Hall–Kier alpha value is -1.24. The van der Waals surface area contributed by atoms with E-state index in [-0.39, 0.29) is 23.0 Å². The molecule has 0 atom stereocenters. The molecule has 1 heterocycles. The van der Waals surface area contributed by atoms with Gasteiger partial charge in [-0.1, -0.05) is 0 Å². The van der Waals surface area contributed by atoms with Crippen molar-refractivity contribution in [2.45, 2.75) is 31.1 Å². The summed E-state index contributed by atoms with van der Waals surface area (Å²) in [4.78, 5) is 0. The number of nitrogens with one attached hydrogen (secondary N) is 1. The van der Waals surface area contributed by atoms with Crippen molar-refractivity contribution < 1.29 is 26.3 Å². The van der Waals surface area contributed by atoms with Gasteiger partial charge in [-0.05, 0) is 47.9 Å². The molecule has 1 saturated heterocycles. The van der Waals surface area contributed by atoms with Crippen molar-refractivity contribution in [3.05, 3.63) is 34.9 Å². The Kier molecular flexibility index (Phi) is 3.06. The molecule has 1 aliphatic carbocycles. The average Bonchev–Trinajstić information content (AvgIpc) is 2.22. The first-order chi connectivity index (χ1) is 9.59. The molecule has 2 aliphatic rings. The quantitative estimate of drug-likeness (QED) is 0.767. The number of hydrogen-bond acceptors (Lipinski definition) is 1. The van der Waals surface area contributed by atoms with Gasteiger partial charge in [0.1, 0.15) is 0 Å². The second kappa shape index (κ2) is 4.38. The predicted molar refractivity (Wildman–Crippen MR) is 63.7 cm³/mol. The lowest BCUT2D eigenvalue weighted by Gasteiger charge is -2.54. The zero-order valence-corrected chi connectivity index (χ0v) is 10.9. The van der Waals surface area contributed by atoms with Gasteiger partial charge in [-0.2, -0.15) is 26.3 Å². The van der Waals surface area contributed by atoms with Gasteiger partial charge in [0.15, 0.2) is 0 Å². The maximum absolute atomic E-state index is 12.8. The maximum Gasteiger partial charge on any atom is 0.416 e. The molecular formula is C14H13F6N. The molecule has 116 valence electrons. The monoisotopic (exact) mass is 309 g/mol. The third-order valence-corrected chi connectivity index (χ3v) is 4.44. The summed E-state index contributed by atoms with van der Waals surface area (Å²) in [6, 6.07) is 1.90. The van der Waals surface area contributed by atoms with Crippen LogP contribution >= 0.6 is 0 Å². The molecule has 7 heteroatoms. The zero-order chi connectivity index (χ0) is 15.5. The first-order valence-corrected chi connectivity index (χ1v) is 6.59. The van der Waals surface area contributed by atoms with Crippen LogP contribution in [-0.2, 0) is 12.4 Å². The van der Waals surface area contributed by atoms with Crippen LogP contribution < -0.4 is 5.32 Å². The molecule has 0 unspecified atom stereocenters. The number of rotatable bonds is 1. The van der Waals surface area contributed by atoms with Crippen LogP contribution in [0.2, 0.25) is 0 Å². The summed E-state index contributed by atoms with van der Waals surface area (Å²) in [7, 11) is 0. The average molecular weight is 309 g/mol. The van der Waals surface area contributed by atoms with Crippen molar-refractivity contribution in [2.24, 2.45) is 5.41 Å².